The molecule has 1 N–H and O–H groups in total. The average molecular weight is 223 g/mol. The molecule has 3 heteroatoms. The number of fused-ring (bicyclic) bond motifs is 3. The molecule has 2 bridgehead atoms. The van der Waals surface area contributed by atoms with Gasteiger partial charge in [-0.2, -0.15) is 0 Å². The van der Waals surface area contributed by atoms with Crippen molar-refractivity contribution in [1.29, 1.82) is 0 Å². The quantitative estimate of drug-likeness (QED) is 0.746. The lowest BCUT2D eigenvalue weighted by Gasteiger charge is -2.46. The number of nitrogens with one attached hydrogen (secondary N) is 1. The van der Waals surface area contributed by atoms with Crippen LogP contribution in [0.15, 0.2) is 0 Å². The molecule has 0 aromatic carbocycles. The smallest absolute Gasteiger partial charge is 0.0227 e. The number of rotatable bonds is 2. The molecule has 0 amide bonds. The Balaban J connectivity index is 1.55. The van der Waals surface area contributed by atoms with Crippen molar-refractivity contribution in [2.24, 2.45) is 5.92 Å². The third kappa shape index (κ3) is 2.01. The predicted molar refractivity (Wildman–Crippen MR) is 66.6 cm³/mol. The first-order chi connectivity index (χ1) is 7.72. The first kappa shape index (κ1) is 11.0. The van der Waals surface area contributed by atoms with Crippen molar-refractivity contribution in [1.82, 2.24) is 15.1 Å². The minimum absolute atomic E-state index is 0.741. The van der Waals surface area contributed by atoms with E-state index in [2.05, 4.69) is 29.1 Å². The highest BCUT2D eigenvalue weighted by Crippen LogP contribution is 2.28. The maximum atomic E-state index is 3.93. The van der Waals surface area contributed by atoms with Crippen molar-refractivity contribution >= 4 is 0 Å². The van der Waals surface area contributed by atoms with Crippen molar-refractivity contribution in [2.75, 3.05) is 33.2 Å². The molecule has 4 aliphatic heterocycles. The zero-order chi connectivity index (χ0) is 11.1. The molecule has 0 radical (unpaired) electrons. The third-order valence-electron chi connectivity index (χ3n) is 4.99. The fourth-order valence-corrected chi connectivity index (χ4v) is 3.77. The van der Waals surface area contributed by atoms with Gasteiger partial charge in [0.05, 0.1) is 0 Å². The Hall–Kier alpha value is -0.120. The zero-order valence-corrected chi connectivity index (χ0v) is 10.7. The largest absolute Gasteiger partial charge is 0.308 e. The van der Waals surface area contributed by atoms with E-state index in [9.17, 15) is 0 Å². The summed E-state index contributed by atoms with van der Waals surface area (Å²) < 4.78 is 0. The number of hydrogen-bond donors (Lipinski definition) is 1. The maximum Gasteiger partial charge on any atom is 0.0227 e. The summed E-state index contributed by atoms with van der Waals surface area (Å²) in [4.78, 5) is 5.12. The van der Waals surface area contributed by atoms with Crippen LogP contribution in [-0.2, 0) is 0 Å². The first-order valence-corrected chi connectivity index (χ1v) is 6.91. The molecule has 0 aliphatic carbocycles. The van der Waals surface area contributed by atoms with Crippen molar-refractivity contribution in [3.05, 3.63) is 0 Å². The Kier molecular flexibility index (Phi) is 2.94. The molecule has 4 fully saturated rings. The second-order valence-electron chi connectivity index (χ2n) is 6.13. The van der Waals surface area contributed by atoms with Crippen LogP contribution < -0.4 is 5.32 Å². The van der Waals surface area contributed by atoms with Gasteiger partial charge in [-0.25, -0.2) is 0 Å². The van der Waals surface area contributed by atoms with Gasteiger partial charge in [0.15, 0.2) is 0 Å². The molecule has 4 saturated heterocycles. The Morgan fingerprint density at radius 1 is 1.12 bits per heavy atom. The molecule has 3 unspecified atom stereocenters. The molecular formula is C13H25N3. The summed E-state index contributed by atoms with van der Waals surface area (Å²) in [5.41, 5.74) is 0. The van der Waals surface area contributed by atoms with Gasteiger partial charge in [0.25, 0.3) is 0 Å². The van der Waals surface area contributed by atoms with Crippen molar-refractivity contribution in [3.63, 3.8) is 0 Å². The Labute approximate surface area is 99.2 Å². The topological polar surface area (TPSA) is 18.5 Å². The number of piperidine rings is 3. The number of nitrogens with zero attached hydrogens (tertiary/aromatic N) is 2. The van der Waals surface area contributed by atoms with Crippen LogP contribution in [0, 0.1) is 5.92 Å². The summed E-state index contributed by atoms with van der Waals surface area (Å²) in [5, 5.41) is 3.93. The van der Waals surface area contributed by atoms with Crippen molar-refractivity contribution in [2.45, 2.75) is 44.3 Å². The molecule has 3 nitrogen and oxygen atoms in total. The number of hydrogen-bond acceptors (Lipinski definition) is 3. The van der Waals surface area contributed by atoms with Crippen LogP contribution in [-0.4, -0.2) is 61.2 Å². The molecule has 0 spiro atoms. The molecule has 4 rings (SSSR count). The second-order valence-corrected chi connectivity index (χ2v) is 6.13. The van der Waals surface area contributed by atoms with E-state index in [1.807, 2.05) is 0 Å². The van der Waals surface area contributed by atoms with Crippen LogP contribution in [0.1, 0.15) is 26.2 Å². The van der Waals surface area contributed by atoms with E-state index in [1.165, 1.54) is 45.4 Å². The Morgan fingerprint density at radius 2 is 1.88 bits per heavy atom. The van der Waals surface area contributed by atoms with Gasteiger partial charge in [-0.15, -0.1) is 0 Å². The monoisotopic (exact) mass is 223 g/mol. The van der Waals surface area contributed by atoms with Crippen LogP contribution in [0.5, 0.6) is 0 Å². The number of likely N-dealkylation sites (N-methyl/N-ethyl adjacent to an activating group) is 1. The van der Waals surface area contributed by atoms with Gasteiger partial charge in [-0.3, -0.25) is 0 Å². The van der Waals surface area contributed by atoms with Crippen molar-refractivity contribution < 1.29 is 0 Å². The van der Waals surface area contributed by atoms with E-state index in [-0.39, 0.29) is 0 Å². The number of likely N-dealkylation sites (tertiary alicyclic amines) is 1. The van der Waals surface area contributed by atoms with E-state index in [0.29, 0.717) is 0 Å². The second kappa shape index (κ2) is 4.28. The fourth-order valence-electron chi connectivity index (χ4n) is 3.77. The van der Waals surface area contributed by atoms with E-state index < -0.39 is 0 Å². The van der Waals surface area contributed by atoms with E-state index in [0.717, 1.165) is 24.0 Å². The lowest BCUT2D eigenvalue weighted by atomic mass is 9.83. The molecule has 4 heterocycles. The van der Waals surface area contributed by atoms with Crippen LogP contribution in [0.3, 0.4) is 0 Å². The minimum Gasteiger partial charge on any atom is -0.308 e. The summed E-state index contributed by atoms with van der Waals surface area (Å²) in [6, 6.07) is 2.29. The van der Waals surface area contributed by atoms with Gasteiger partial charge >= 0.3 is 0 Å². The molecule has 4 aliphatic rings. The van der Waals surface area contributed by atoms with E-state index in [4.69, 9.17) is 0 Å². The minimum atomic E-state index is 0.741. The summed E-state index contributed by atoms with van der Waals surface area (Å²) >= 11 is 0. The van der Waals surface area contributed by atoms with Gasteiger partial charge in [-0.1, -0.05) is 0 Å². The van der Waals surface area contributed by atoms with Crippen LogP contribution in [0.2, 0.25) is 0 Å². The molecule has 0 saturated carbocycles. The van der Waals surface area contributed by atoms with Gasteiger partial charge in [-0.05, 0) is 52.2 Å². The van der Waals surface area contributed by atoms with Crippen molar-refractivity contribution in [3.8, 4) is 0 Å². The molecule has 3 atom stereocenters. The molecule has 0 aromatic rings. The average Bonchev–Trinajstić information content (AvgIpc) is 2.59. The molecule has 16 heavy (non-hydrogen) atoms. The Bertz CT molecular complexity index is 238. The standard InChI is InChI=1S/C13H25N3/c1-10-7-12(8-15(10)2)14-13-9-16-5-3-11(13)4-6-16/h10-14H,3-9H2,1-2H3. The third-order valence-corrected chi connectivity index (χ3v) is 4.99. The van der Waals surface area contributed by atoms with Crippen LogP contribution in [0.4, 0.5) is 0 Å². The highest BCUT2D eigenvalue weighted by molar-refractivity contribution is 4.95. The first-order valence-electron chi connectivity index (χ1n) is 6.91. The summed E-state index contributed by atoms with van der Waals surface area (Å²) in [6.07, 6.45) is 4.19. The van der Waals surface area contributed by atoms with E-state index >= 15 is 0 Å². The van der Waals surface area contributed by atoms with Crippen LogP contribution >= 0.6 is 0 Å². The highest BCUT2D eigenvalue weighted by atomic mass is 15.2. The van der Waals surface area contributed by atoms with E-state index in [1.54, 1.807) is 0 Å². The summed E-state index contributed by atoms with van der Waals surface area (Å²) in [7, 11) is 2.25. The van der Waals surface area contributed by atoms with Gasteiger partial charge in [0.1, 0.15) is 0 Å². The summed E-state index contributed by atoms with van der Waals surface area (Å²) in [6.45, 7) is 7.59. The Morgan fingerprint density at radius 3 is 2.38 bits per heavy atom. The predicted octanol–water partition coefficient (Wildman–Crippen LogP) is 0.763. The normalized spacial score (nSPS) is 48.8. The van der Waals surface area contributed by atoms with Crippen LogP contribution in [0.25, 0.3) is 0 Å². The fraction of sp³-hybridized carbons (Fsp3) is 1.00. The molecular weight excluding hydrogens is 198 g/mol. The van der Waals surface area contributed by atoms with Gasteiger partial charge in [0, 0.05) is 31.2 Å². The van der Waals surface area contributed by atoms with Gasteiger partial charge < -0.3 is 15.1 Å². The highest BCUT2D eigenvalue weighted by Gasteiger charge is 2.36. The lowest BCUT2D eigenvalue weighted by Crippen LogP contribution is -2.58. The SMILES string of the molecule is CC1CC(NC2CN3CCC2CC3)CN1C. The summed E-state index contributed by atoms with van der Waals surface area (Å²) in [5.74, 6) is 0.964. The lowest BCUT2D eigenvalue weighted by molar-refractivity contribution is 0.0676. The zero-order valence-electron chi connectivity index (χ0n) is 10.7. The van der Waals surface area contributed by atoms with Gasteiger partial charge in [0.2, 0.25) is 0 Å². The molecule has 92 valence electrons. The molecule has 0 aromatic heterocycles. The maximum absolute atomic E-state index is 3.93.